The lowest BCUT2D eigenvalue weighted by atomic mass is 10.3. The van der Waals surface area contributed by atoms with Crippen LogP contribution < -0.4 is 5.73 Å². The molecule has 0 aromatic carbocycles. The number of nitrogens with two attached hydrogens (primary N) is 1. The first kappa shape index (κ1) is 17.3. The molecule has 1 aromatic heterocycles. The Hall–Kier alpha value is -1.77. The smallest absolute Gasteiger partial charge is 0.396 e. The van der Waals surface area contributed by atoms with Gasteiger partial charge in [-0.25, -0.2) is 0 Å². The minimum absolute atomic E-state index is 0.0188. The van der Waals surface area contributed by atoms with E-state index in [9.17, 15) is 18.0 Å². The lowest BCUT2D eigenvalue weighted by molar-refractivity contribution is -0.162. The second-order valence-electron chi connectivity index (χ2n) is 4.45. The van der Waals surface area contributed by atoms with Gasteiger partial charge in [0.1, 0.15) is 13.1 Å². The predicted octanol–water partition coefficient (Wildman–Crippen LogP) is 1.28. The summed E-state index contributed by atoms with van der Waals surface area (Å²) in [5.74, 6) is -0.660. The Morgan fingerprint density at radius 1 is 1.52 bits per heavy atom. The first-order valence-corrected chi connectivity index (χ1v) is 6.52. The third-order valence-corrected chi connectivity index (χ3v) is 2.59. The van der Waals surface area contributed by atoms with E-state index < -0.39 is 18.6 Å². The monoisotopic (exact) mass is 308 g/mol. The van der Waals surface area contributed by atoms with Gasteiger partial charge in [-0.15, -0.1) is 0 Å². The number of anilines is 1. The van der Waals surface area contributed by atoms with E-state index in [0.29, 0.717) is 25.3 Å². The standard InChI is InChI=1S/C12H19F3N4O2/c1-2-21-5-3-4-18(9-12(13,14)15)11(20)8-19-7-10(16)6-17-19/h6-7H,2-5,8-9,16H2,1H3. The van der Waals surface area contributed by atoms with Crippen molar-refractivity contribution in [3.05, 3.63) is 12.4 Å². The number of halogens is 3. The number of hydrogen-bond donors (Lipinski definition) is 1. The average molecular weight is 308 g/mol. The van der Waals surface area contributed by atoms with E-state index in [0.717, 1.165) is 4.90 Å². The van der Waals surface area contributed by atoms with Crippen LogP contribution in [0.4, 0.5) is 18.9 Å². The number of hydrogen-bond acceptors (Lipinski definition) is 4. The molecule has 2 N–H and O–H groups in total. The minimum Gasteiger partial charge on any atom is -0.396 e. The van der Waals surface area contributed by atoms with Gasteiger partial charge in [-0.1, -0.05) is 0 Å². The van der Waals surface area contributed by atoms with E-state index in [2.05, 4.69) is 5.10 Å². The van der Waals surface area contributed by atoms with Crippen molar-refractivity contribution in [2.75, 3.05) is 32.0 Å². The molecule has 1 heterocycles. The molecule has 0 aliphatic rings. The molecule has 1 amide bonds. The highest BCUT2D eigenvalue weighted by molar-refractivity contribution is 5.76. The minimum atomic E-state index is -4.44. The summed E-state index contributed by atoms with van der Waals surface area (Å²) < 4.78 is 43.8. The van der Waals surface area contributed by atoms with Crippen molar-refractivity contribution in [3.8, 4) is 0 Å². The number of carbonyl (C=O) groups is 1. The van der Waals surface area contributed by atoms with E-state index in [1.54, 1.807) is 6.92 Å². The van der Waals surface area contributed by atoms with Crippen molar-refractivity contribution in [2.45, 2.75) is 26.1 Å². The van der Waals surface area contributed by atoms with Crippen LogP contribution >= 0.6 is 0 Å². The summed E-state index contributed by atoms with van der Waals surface area (Å²) in [6.07, 6.45) is -1.37. The second-order valence-corrected chi connectivity index (χ2v) is 4.45. The van der Waals surface area contributed by atoms with Crippen LogP contribution in [0.1, 0.15) is 13.3 Å². The Morgan fingerprint density at radius 2 is 2.24 bits per heavy atom. The zero-order chi connectivity index (χ0) is 15.9. The topological polar surface area (TPSA) is 73.4 Å². The first-order valence-electron chi connectivity index (χ1n) is 6.52. The summed E-state index contributed by atoms with van der Waals surface area (Å²) in [5.41, 5.74) is 5.79. The van der Waals surface area contributed by atoms with Crippen LogP contribution in [0.15, 0.2) is 12.4 Å². The Balaban J connectivity index is 2.58. The molecular weight excluding hydrogens is 289 g/mol. The number of aromatic nitrogens is 2. The lowest BCUT2D eigenvalue weighted by Gasteiger charge is -2.24. The molecule has 0 saturated carbocycles. The highest BCUT2D eigenvalue weighted by atomic mass is 19.4. The molecule has 0 fully saturated rings. The quantitative estimate of drug-likeness (QED) is 0.734. The third kappa shape index (κ3) is 6.98. The predicted molar refractivity (Wildman–Crippen MR) is 70.4 cm³/mol. The van der Waals surface area contributed by atoms with Crippen LogP contribution in [0.3, 0.4) is 0 Å². The molecule has 0 radical (unpaired) electrons. The van der Waals surface area contributed by atoms with Crippen molar-refractivity contribution < 1.29 is 22.7 Å². The van der Waals surface area contributed by atoms with Crippen LogP contribution in [0.5, 0.6) is 0 Å². The third-order valence-electron chi connectivity index (χ3n) is 2.59. The summed E-state index contributed by atoms with van der Waals surface area (Å²) in [6, 6.07) is 0. The number of ether oxygens (including phenoxy) is 1. The van der Waals surface area contributed by atoms with Crippen LogP contribution in [-0.2, 0) is 16.1 Å². The van der Waals surface area contributed by atoms with Crippen molar-refractivity contribution in [1.82, 2.24) is 14.7 Å². The summed E-state index contributed by atoms with van der Waals surface area (Å²) in [6.45, 7) is 1.01. The van der Waals surface area contributed by atoms with E-state index in [1.165, 1.54) is 17.1 Å². The largest absolute Gasteiger partial charge is 0.406 e. The van der Waals surface area contributed by atoms with Gasteiger partial charge in [0.2, 0.25) is 5.91 Å². The number of nitrogens with zero attached hydrogens (tertiary/aromatic N) is 3. The van der Waals surface area contributed by atoms with Gasteiger partial charge < -0.3 is 15.4 Å². The van der Waals surface area contributed by atoms with Crippen LogP contribution in [0.25, 0.3) is 0 Å². The van der Waals surface area contributed by atoms with Gasteiger partial charge in [-0.2, -0.15) is 18.3 Å². The molecule has 0 saturated heterocycles. The highest BCUT2D eigenvalue weighted by Gasteiger charge is 2.32. The van der Waals surface area contributed by atoms with Crippen LogP contribution in [-0.4, -0.2) is 53.1 Å². The SMILES string of the molecule is CCOCCCN(CC(F)(F)F)C(=O)Cn1cc(N)cn1. The molecule has 0 bridgehead atoms. The van der Waals surface area contributed by atoms with E-state index in [1.807, 2.05) is 0 Å². The lowest BCUT2D eigenvalue weighted by Crippen LogP contribution is -2.41. The molecule has 0 spiro atoms. The highest BCUT2D eigenvalue weighted by Crippen LogP contribution is 2.17. The van der Waals surface area contributed by atoms with E-state index in [4.69, 9.17) is 10.5 Å². The molecule has 9 heteroatoms. The maximum atomic E-state index is 12.5. The summed E-state index contributed by atoms with van der Waals surface area (Å²) in [4.78, 5) is 12.7. The normalized spacial score (nSPS) is 11.6. The fraction of sp³-hybridized carbons (Fsp3) is 0.667. The van der Waals surface area contributed by atoms with Crippen LogP contribution in [0.2, 0.25) is 0 Å². The van der Waals surface area contributed by atoms with Crippen LogP contribution in [0, 0.1) is 0 Å². The fourth-order valence-electron chi connectivity index (χ4n) is 1.71. The van der Waals surface area contributed by atoms with E-state index >= 15 is 0 Å². The van der Waals surface area contributed by atoms with Gasteiger partial charge >= 0.3 is 6.18 Å². The number of amides is 1. The molecular formula is C12H19F3N4O2. The molecule has 0 aliphatic carbocycles. The van der Waals surface area contributed by atoms with Crippen molar-refractivity contribution in [2.24, 2.45) is 0 Å². The summed E-state index contributed by atoms with van der Waals surface area (Å²) in [5, 5.41) is 3.78. The molecule has 120 valence electrons. The number of alkyl halides is 3. The van der Waals surface area contributed by atoms with Gasteiger partial charge in [0.05, 0.1) is 11.9 Å². The van der Waals surface area contributed by atoms with Crippen molar-refractivity contribution >= 4 is 11.6 Å². The van der Waals surface area contributed by atoms with Crippen molar-refractivity contribution in [1.29, 1.82) is 0 Å². The van der Waals surface area contributed by atoms with Gasteiger partial charge in [0.25, 0.3) is 0 Å². The fourth-order valence-corrected chi connectivity index (χ4v) is 1.71. The second kappa shape index (κ2) is 7.87. The van der Waals surface area contributed by atoms with Gasteiger partial charge in [0.15, 0.2) is 0 Å². The van der Waals surface area contributed by atoms with Gasteiger partial charge in [-0.05, 0) is 13.3 Å². The van der Waals surface area contributed by atoms with E-state index in [-0.39, 0.29) is 13.1 Å². The average Bonchev–Trinajstić information content (AvgIpc) is 2.77. The Morgan fingerprint density at radius 3 is 2.76 bits per heavy atom. The molecule has 21 heavy (non-hydrogen) atoms. The zero-order valence-corrected chi connectivity index (χ0v) is 11.8. The molecule has 0 atom stereocenters. The van der Waals surface area contributed by atoms with Gasteiger partial charge in [0, 0.05) is 26.0 Å². The Bertz CT molecular complexity index is 448. The maximum absolute atomic E-state index is 12.5. The molecule has 0 aliphatic heterocycles. The Kier molecular flexibility index (Phi) is 6.47. The zero-order valence-electron chi connectivity index (χ0n) is 11.8. The number of carbonyl (C=O) groups excluding carboxylic acids is 1. The molecule has 6 nitrogen and oxygen atoms in total. The summed E-state index contributed by atoms with van der Waals surface area (Å²) >= 11 is 0. The maximum Gasteiger partial charge on any atom is 0.406 e. The van der Waals surface area contributed by atoms with Gasteiger partial charge in [-0.3, -0.25) is 9.48 Å². The molecule has 1 rings (SSSR count). The number of nitrogen functional groups attached to an aromatic ring is 1. The summed E-state index contributed by atoms with van der Waals surface area (Å²) in [7, 11) is 0. The Labute approximate surface area is 120 Å². The molecule has 0 unspecified atom stereocenters. The first-order chi connectivity index (χ1) is 9.81. The molecule has 1 aromatic rings. The van der Waals surface area contributed by atoms with Crippen molar-refractivity contribution in [3.63, 3.8) is 0 Å². The number of rotatable bonds is 8.